The lowest BCUT2D eigenvalue weighted by Gasteiger charge is -2.29. The second-order valence-corrected chi connectivity index (χ2v) is 13.5. The van der Waals surface area contributed by atoms with E-state index in [0.717, 1.165) is 33.2 Å². The van der Waals surface area contributed by atoms with Crippen molar-refractivity contribution in [2.24, 2.45) is 5.92 Å². The summed E-state index contributed by atoms with van der Waals surface area (Å²) in [7, 11) is 4.74. The van der Waals surface area contributed by atoms with E-state index >= 15 is 0 Å². The standard InChI is InChI=1S/C41H45N3O8/c1-42-22-28-17-26(27-20-36(49)41(50)38(21-27)52-3)19-35(48)31(33(46)10-4-23-5-11-34(47)37(15-23)51-2)14-24-12-13-43-39(16-24)44-32-9-6-25-18-29(45)7-8-30(25)40(28)32/h5-9,11-13,15-16,18,20-21,26,28,31,33,42,45-47,49-50H,4,10,14,17,19,22H2,1-3H3,(H,43,44). The van der Waals surface area contributed by atoms with E-state index in [9.17, 15) is 30.3 Å². The lowest BCUT2D eigenvalue weighted by Crippen LogP contribution is -2.32. The van der Waals surface area contributed by atoms with Crippen molar-refractivity contribution >= 4 is 28.1 Å². The minimum atomic E-state index is -1.01. The first-order chi connectivity index (χ1) is 25.1. The third-order valence-corrected chi connectivity index (χ3v) is 10.1. The first kappa shape index (κ1) is 36.3. The van der Waals surface area contributed by atoms with Gasteiger partial charge in [0, 0.05) is 30.8 Å². The van der Waals surface area contributed by atoms with Gasteiger partial charge in [0.05, 0.1) is 20.3 Å². The molecular weight excluding hydrogens is 662 g/mol. The first-order valence-corrected chi connectivity index (χ1v) is 17.4. The van der Waals surface area contributed by atoms with Crippen LogP contribution < -0.4 is 20.1 Å². The van der Waals surface area contributed by atoms with Crippen molar-refractivity contribution < 1.29 is 39.8 Å². The number of likely N-dealkylation sites (N-methyl/N-ethyl adjacent to an activating group) is 1. The molecule has 1 aliphatic rings. The topological polar surface area (TPSA) is 174 Å². The molecule has 5 aromatic rings. The Bertz CT molecular complexity index is 2070. The number of ketones is 1. The maximum Gasteiger partial charge on any atom is 0.200 e. The second-order valence-electron chi connectivity index (χ2n) is 13.5. The normalized spacial score (nSPS) is 18.3. The van der Waals surface area contributed by atoms with E-state index in [4.69, 9.17) is 9.47 Å². The molecule has 4 unspecified atom stereocenters. The number of hydrogen-bond donors (Lipinski definition) is 7. The van der Waals surface area contributed by atoms with E-state index in [2.05, 4.69) is 15.6 Å². The quantitative estimate of drug-likeness (QED) is 0.0843. The van der Waals surface area contributed by atoms with Crippen LogP contribution in [0.2, 0.25) is 0 Å². The largest absolute Gasteiger partial charge is 0.508 e. The summed E-state index contributed by atoms with van der Waals surface area (Å²) in [5.41, 5.74) is 4.06. The molecule has 272 valence electrons. The number of anilines is 2. The first-order valence-electron chi connectivity index (χ1n) is 17.4. The minimum Gasteiger partial charge on any atom is -0.508 e. The number of nitrogens with one attached hydrogen (secondary N) is 2. The number of carbonyl (C=O) groups excluding carboxylic acids is 1. The van der Waals surface area contributed by atoms with Crippen LogP contribution in [0.1, 0.15) is 53.4 Å². The predicted molar refractivity (Wildman–Crippen MR) is 199 cm³/mol. The fraction of sp³-hybridized carbons (Fsp3) is 0.317. The van der Waals surface area contributed by atoms with Gasteiger partial charge in [-0.05, 0) is 132 Å². The fourth-order valence-corrected chi connectivity index (χ4v) is 7.44. The molecule has 52 heavy (non-hydrogen) atoms. The van der Waals surface area contributed by atoms with Gasteiger partial charge in [0.1, 0.15) is 17.4 Å². The Morgan fingerprint density at radius 1 is 0.904 bits per heavy atom. The smallest absolute Gasteiger partial charge is 0.200 e. The highest BCUT2D eigenvalue weighted by Crippen LogP contribution is 2.45. The van der Waals surface area contributed by atoms with E-state index in [1.807, 2.05) is 37.4 Å². The Labute approximate surface area is 302 Å². The van der Waals surface area contributed by atoms with Gasteiger partial charge < -0.3 is 45.6 Å². The van der Waals surface area contributed by atoms with Gasteiger partial charge in [-0.3, -0.25) is 4.79 Å². The van der Waals surface area contributed by atoms with Crippen LogP contribution in [0.4, 0.5) is 11.5 Å². The Morgan fingerprint density at radius 3 is 2.48 bits per heavy atom. The number of rotatable bonds is 9. The highest BCUT2D eigenvalue weighted by Gasteiger charge is 2.33. The molecule has 0 aliphatic carbocycles. The van der Waals surface area contributed by atoms with Gasteiger partial charge in [0.15, 0.2) is 23.0 Å². The number of fused-ring (bicyclic) bond motifs is 5. The molecule has 0 amide bonds. The molecule has 0 spiro atoms. The molecule has 7 N–H and O–H groups in total. The number of aromatic nitrogens is 1. The predicted octanol–water partition coefficient (Wildman–Crippen LogP) is 6.42. The molecule has 2 bridgehead atoms. The molecule has 1 aromatic heterocycles. The maximum atomic E-state index is 14.6. The number of nitrogens with zero attached hydrogens (tertiary/aromatic N) is 1. The van der Waals surface area contributed by atoms with E-state index in [1.165, 1.54) is 20.3 Å². The van der Waals surface area contributed by atoms with Crippen LogP contribution in [0.25, 0.3) is 10.8 Å². The summed E-state index contributed by atoms with van der Waals surface area (Å²) in [4.78, 5) is 19.2. The highest BCUT2D eigenvalue weighted by molar-refractivity contribution is 5.92. The monoisotopic (exact) mass is 707 g/mol. The Hall–Kier alpha value is -5.52. The zero-order valence-electron chi connectivity index (χ0n) is 29.5. The number of carbonyl (C=O) groups is 1. The van der Waals surface area contributed by atoms with Gasteiger partial charge in [-0.2, -0.15) is 0 Å². The third kappa shape index (κ3) is 7.85. The third-order valence-electron chi connectivity index (χ3n) is 10.1. The number of aromatic hydroxyl groups is 4. The number of aliphatic hydroxyl groups excluding tert-OH is 1. The summed E-state index contributed by atoms with van der Waals surface area (Å²) < 4.78 is 10.7. The molecule has 2 heterocycles. The van der Waals surface area contributed by atoms with Gasteiger partial charge in [-0.25, -0.2) is 4.98 Å². The number of aryl methyl sites for hydroxylation is 1. The van der Waals surface area contributed by atoms with Crippen molar-refractivity contribution in [2.45, 2.75) is 50.0 Å². The summed E-state index contributed by atoms with van der Waals surface area (Å²) >= 11 is 0. The summed E-state index contributed by atoms with van der Waals surface area (Å²) in [6.07, 6.45) is 2.14. The second kappa shape index (κ2) is 15.8. The zero-order chi connectivity index (χ0) is 36.9. The van der Waals surface area contributed by atoms with Gasteiger partial charge in [0.2, 0.25) is 5.75 Å². The van der Waals surface area contributed by atoms with Crippen LogP contribution in [-0.2, 0) is 17.6 Å². The van der Waals surface area contributed by atoms with Crippen LogP contribution in [0.3, 0.4) is 0 Å². The molecule has 6 rings (SSSR count). The molecule has 4 atom stereocenters. The average molecular weight is 708 g/mol. The van der Waals surface area contributed by atoms with Gasteiger partial charge in [0.25, 0.3) is 0 Å². The van der Waals surface area contributed by atoms with Crippen molar-refractivity contribution in [3.8, 4) is 34.5 Å². The zero-order valence-corrected chi connectivity index (χ0v) is 29.5. The summed E-state index contributed by atoms with van der Waals surface area (Å²) in [5, 5.41) is 62.1. The lowest BCUT2D eigenvalue weighted by molar-refractivity contribution is -0.127. The number of methoxy groups -OCH3 is 2. The number of hydrogen-bond acceptors (Lipinski definition) is 11. The Morgan fingerprint density at radius 2 is 1.71 bits per heavy atom. The van der Waals surface area contributed by atoms with Crippen molar-refractivity contribution in [1.29, 1.82) is 0 Å². The molecule has 0 saturated heterocycles. The SMILES string of the molecule is CNCC1CC(c2cc(O)c(O)c(OC)c2)CC(=O)C(C(O)CCc2ccc(O)c(OC)c2)Cc2ccnc(c2)Nc2ccc3cc(O)ccc3c21. The van der Waals surface area contributed by atoms with E-state index < -0.39 is 17.9 Å². The average Bonchev–Trinajstić information content (AvgIpc) is 3.14. The number of Topliss-reactive ketones (excluding diaryl/α,β-unsaturated/α-hetero) is 1. The minimum absolute atomic E-state index is 0.0205. The van der Waals surface area contributed by atoms with Crippen molar-refractivity contribution in [3.63, 3.8) is 0 Å². The number of pyridine rings is 1. The lowest BCUT2D eigenvalue weighted by atomic mass is 9.77. The number of phenols is 4. The number of phenolic OH excluding ortho intramolecular Hbond substituents is 4. The fourth-order valence-electron chi connectivity index (χ4n) is 7.44. The number of ether oxygens (including phenoxy) is 2. The molecular formula is C41H45N3O8. The highest BCUT2D eigenvalue weighted by atomic mass is 16.5. The van der Waals surface area contributed by atoms with Crippen molar-refractivity contribution in [2.75, 3.05) is 33.1 Å². The Kier molecular flexibility index (Phi) is 11.0. The van der Waals surface area contributed by atoms with Crippen LogP contribution in [0.5, 0.6) is 34.5 Å². The Balaban J connectivity index is 1.46. The van der Waals surface area contributed by atoms with E-state index in [1.54, 1.807) is 42.6 Å². The molecule has 11 nitrogen and oxygen atoms in total. The van der Waals surface area contributed by atoms with E-state index in [-0.39, 0.29) is 59.7 Å². The molecule has 4 aromatic carbocycles. The number of benzene rings is 4. The number of aliphatic hydroxyl groups is 1. The summed E-state index contributed by atoms with van der Waals surface area (Å²) in [6, 6.07) is 21.1. The van der Waals surface area contributed by atoms with Crippen LogP contribution in [-0.4, -0.2) is 70.2 Å². The van der Waals surface area contributed by atoms with Crippen molar-refractivity contribution in [1.82, 2.24) is 10.3 Å². The van der Waals surface area contributed by atoms with Crippen LogP contribution >= 0.6 is 0 Å². The van der Waals surface area contributed by atoms with Crippen LogP contribution in [0, 0.1) is 5.92 Å². The maximum absolute atomic E-state index is 14.6. The summed E-state index contributed by atoms with van der Waals surface area (Å²) in [5.74, 6) is -1.17. The van der Waals surface area contributed by atoms with Crippen molar-refractivity contribution in [3.05, 3.63) is 101 Å². The van der Waals surface area contributed by atoms with Gasteiger partial charge in [-0.15, -0.1) is 0 Å². The molecule has 0 saturated carbocycles. The van der Waals surface area contributed by atoms with Crippen LogP contribution in [0.15, 0.2) is 79.0 Å². The van der Waals surface area contributed by atoms with Gasteiger partial charge >= 0.3 is 0 Å². The molecule has 0 fully saturated rings. The molecule has 0 radical (unpaired) electrons. The molecule has 1 aliphatic heterocycles. The van der Waals surface area contributed by atoms with E-state index in [0.29, 0.717) is 36.5 Å². The van der Waals surface area contributed by atoms with Gasteiger partial charge in [-0.1, -0.05) is 18.2 Å². The summed E-state index contributed by atoms with van der Waals surface area (Å²) in [6.45, 7) is 0.524. The molecule has 11 heteroatoms.